The summed E-state index contributed by atoms with van der Waals surface area (Å²) in [6, 6.07) is 22.8. The Morgan fingerprint density at radius 2 is 1.74 bits per heavy atom. The number of rotatable bonds is 11. The molecule has 6 heteroatoms. The van der Waals surface area contributed by atoms with Crippen molar-refractivity contribution in [2.24, 2.45) is 0 Å². The van der Waals surface area contributed by atoms with Crippen molar-refractivity contribution in [3.8, 4) is 11.5 Å². The molecule has 0 fully saturated rings. The average molecular weight is 484 g/mol. The van der Waals surface area contributed by atoms with Crippen LogP contribution in [0, 0.1) is 0 Å². The van der Waals surface area contributed by atoms with Gasteiger partial charge in [0.25, 0.3) is 5.91 Å². The minimum Gasteiger partial charge on any atom is -0.492 e. The highest BCUT2D eigenvalue weighted by Crippen LogP contribution is 2.25. The third-order valence-electron chi connectivity index (χ3n) is 4.47. The molecule has 0 atom stereocenters. The second kappa shape index (κ2) is 12.1. The van der Waals surface area contributed by atoms with Gasteiger partial charge in [-0.05, 0) is 42.8 Å². The zero-order chi connectivity index (χ0) is 21.9. The molecule has 0 aliphatic rings. The Hall–Kier alpha value is -2.83. The first kappa shape index (κ1) is 22.8. The van der Waals surface area contributed by atoms with Crippen LogP contribution in [0.15, 0.2) is 77.3 Å². The van der Waals surface area contributed by atoms with Crippen molar-refractivity contribution in [1.29, 1.82) is 0 Å². The Balaban J connectivity index is 1.63. The van der Waals surface area contributed by atoms with Gasteiger partial charge in [-0.1, -0.05) is 52.3 Å². The Bertz CT molecular complexity index is 978. The van der Waals surface area contributed by atoms with Gasteiger partial charge in [-0.2, -0.15) is 0 Å². The molecule has 0 bridgehead atoms. The molecule has 0 unspecified atom stereocenters. The van der Waals surface area contributed by atoms with E-state index in [1.165, 1.54) is 5.56 Å². The number of hydrogen-bond donors (Lipinski definition) is 1. The molecule has 3 aromatic rings. The molecule has 0 saturated carbocycles. The lowest BCUT2D eigenvalue weighted by Gasteiger charge is -2.13. The number of amides is 1. The van der Waals surface area contributed by atoms with Gasteiger partial charge in [0.15, 0.2) is 0 Å². The number of carbonyl (C=O) groups excluding carboxylic acids is 1. The molecule has 0 radical (unpaired) electrons. The summed E-state index contributed by atoms with van der Waals surface area (Å²) in [6.07, 6.45) is 0.763. The summed E-state index contributed by atoms with van der Waals surface area (Å²) in [6.45, 7) is 4.06. The molecular formula is C25H26BrNO4. The van der Waals surface area contributed by atoms with Crippen molar-refractivity contribution in [1.82, 2.24) is 0 Å². The van der Waals surface area contributed by atoms with Gasteiger partial charge >= 0.3 is 0 Å². The van der Waals surface area contributed by atoms with Crippen LogP contribution >= 0.6 is 15.9 Å². The first-order valence-electron chi connectivity index (χ1n) is 10.2. The van der Waals surface area contributed by atoms with Gasteiger partial charge in [0.05, 0.1) is 18.8 Å². The second-order valence-electron chi connectivity index (χ2n) is 6.75. The topological polar surface area (TPSA) is 56.8 Å². The maximum Gasteiger partial charge on any atom is 0.259 e. The number of anilines is 1. The third-order valence-corrected chi connectivity index (χ3v) is 4.96. The zero-order valence-electron chi connectivity index (χ0n) is 17.5. The van der Waals surface area contributed by atoms with Crippen molar-refractivity contribution < 1.29 is 19.0 Å². The van der Waals surface area contributed by atoms with E-state index >= 15 is 0 Å². The molecule has 31 heavy (non-hydrogen) atoms. The van der Waals surface area contributed by atoms with Crippen molar-refractivity contribution >= 4 is 27.5 Å². The predicted octanol–water partition coefficient (Wildman–Crippen LogP) is 5.74. The van der Waals surface area contributed by atoms with E-state index in [0.29, 0.717) is 49.2 Å². The van der Waals surface area contributed by atoms with Crippen molar-refractivity contribution in [3.63, 3.8) is 0 Å². The van der Waals surface area contributed by atoms with Crippen LogP contribution in [0.3, 0.4) is 0 Å². The predicted molar refractivity (Wildman–Crippen MR) is 126 cm³/mol. The molecule has 0 spiro atoms. The summed E-state index contributed by atoms with van der Waals surface area (Å²) in [4.78, 5) is 13.0. The van der Waals surface area contributed by atoms with E-state index in [2.05, 4.69) is 33.4 Å². The van der Waals surface area contributed by atoms with E-state index in [4.69, 9.17) is 14.2 Å². The van der Waals surface area contributed by atoms with Gasteiger partial charge in [-0.15, -0.1) is 0 Å². The van der Waals surface area contributed by atoms with E-state index in [9.17, 15) is 4.79 Å². The van der Waals surface area contributed by atoms with Gasteiger partial charge in [-0.25, -0.2) is 0 Å². The van der Waals surface area contributed by atoms with Crippen LogP contribution < -0.4 is 14.8 Å². The molecule has 162 valence electrons. The van der Waals surface area contributed by atoms with Crippen LogP contribution in [-0.2, 0) is 11.2 Å². The maximum absolute atomic E-state index is 13.0. The largest absolute Gasteiger partial charge is 0.492 e. The molecule has 5 nitrogen and oxygen atoms in total. The van der Waals surface area contributed by atoms with Crippen LogP contribution in [0.4, 0.5) is 5.69 Å². The standard InChI is InChI=1S/C25H26BrNO4/c1-2-29-15-16-30-22-10-6-9-21(18-22)27-25(28)23-17-20(26)11-12-24(23)31-14-13-19-7-4-3-5-8-19/h3-12,17-18H,2,13-16H2,1H3,(H,27,28). The first-order valence-corrected chi connectivity index (χ1v) is 11.0. The number of ether oxygens (including phenoxy) is 3. The minimum absolute atomic E-state index is 0.248. The molecule has 3 rings (SSSR count). The molecule has 0 aliphatic heterocycles. The lowest BCUT2D eigenvalue weighted by molar-refractivity contribution is 0.102. The fourth-order valence-electron chi connectivity index (χ4n) is 2.95. The second-order valence-corrected chi connectivity index (χ2v) is 7.67. The van der Waals surface area contributed by atoms with Crippen LogP contribution in [0.5, 0.6) is 11.5 Å². The van der Waals surface area contributed by atoms with Gasteiger partial charge in [-0.3, -0.25) is 4.79 Å². The van der Waals surface area contributed by atoms with E-state index < -0.39 is 0 Å². The number of nitrogens with one attached hydrogen (secondary N) is 1. The Morgan fingerprint density at radius 1 is 0.903 bits per heavy atom. The summed E-state index contributed by atoms with van der Waals surface area (Å²) in [5, 5.41) is 2.92. The Kier molecular flexibility index (Phi) is 8.94. The minimum atomic E-state index is -0.248. The van der Waals surface area contributed by atoms with Gasteiger partial charge in [0.1, 0.15) is 18.1 Å². The quantitative estimate of drug-likeness (QED) is 0.353. The molecule has 1 amide bonds. The molecular weight excluding hydrogens is 458 g/mol. The van der Waals surface area contributed by atoms with Crippen LogP contribution in [-0.4, -0.2) is 32.3 Å². The van der Waals surface area contributed by atoms with Gasteiger partial charge < -0.3 is 19.5 Å². The van der Waals surface area contributed by atoms with E-state index in [1.54, 1.807) is 18.2 Å². The summed E-state index contributed by atoms with van der Waals surface area (Å²) in [5.74, 6) is 0.967. The molecule has 3 aromatic carbocycles. The lowest BCUT2D eigenvalue weighted by Crippen LogP contribution is -2.14. The highest BCUT2D eigenvalue weighted by atomic mass is 79.9. The Morgan fingerprint density at radius 3 is 2.55 bits per heavy atom. The fraction of sp³-hybridized carbons (Fsp3) is 0.240. The van der Waals surface area contributed by atoms with Crippen LogP contribution in [0.25, 0.3) is 0 Å². The number of hydrogen-bond acceptors (Lipinski definition) is 4. The molecule has 1 N–H and O–H groups in total. The molecule has 0 heterocycles. The number of benzene rings is 3. The van der Waals surface area contributed by atoms with Crippen LogP contribution in [0.2, 0.25) is 0 Å². The monoisotopic (exact) mass is 483 g/mol. The lowest BCUT2D eigenvalue weighted by atomic mass is 10.1. The zero-order valence-corrected chi connectivity index (χ0v) is 19.1. The summed E-state index contributed by atoms with van der Waals surface area (Å²) in [7, 11) is 0. The highest BCUT2D eigenvalue weighted by molar-refractivity contribution is 9.10. The molecule has 0 aliphatic carbocycles. The van der Waals surface area contributed by atoms with E-state index in [1.807, 2.05) is 49.4 Å². The molecule has 0 aromatic heterocycles. The summed E-state index contributed by atoms with van der Waals surface area (Å²) < 4.78 is 17.7. The summed E-state index contributed by atoms with van der Waals surface area (Å²) in [5.41, 5.74) is 2.30. The van der Waals surface area contributed by atoms with Crippen molar-refractivity contribution in [3.05, 3.63) is 88.4 Å². The van der Waals surface area contributed by atoms with Gasteiger partial charge in [0.2, 0.25) is 0 Å². The van der Waals surface area contributed by atoms with Crippen molar-refractivity contribution in [2.45, 2.75) is 13.3 Å². The molecule has 0 saturated heterocycles. The van der Waals surface area contributed by atoms with E-state index in [-0.39, 0.29) is 5.91 Å². The van der Waals surface area contributed by atoms with Crippen molar-refractivity contribution in [2.75, 3.05) is 31.7 Å². The number of halogens is 1. The van der Waals surface area contributed by atoms with E-state index in [0.717, 1.165) is 10.9 Å². The summed E-state index contributed by atoms with van der Waals surface area (Å²) >= 11 is 3.44. The number of carbonyl (C=O) groups is 1. The van der Waals surface area contributed by atoms with Gasteiger partial charge in [0, 0.05) is 29.3 Å². The smallest absolute Gasteiger partial charge is 0.259 e. The normalized spacial score (nSPS) is 10.5. The maximum atomic E-state index is 13.0. The van der Waals surface area contributed by atoms with Crippen LogP contribution in [0.1, 0.15) is 22.8 Å². The first-order chi connectivity index (χ1) is 15.2. The Labute approximate surface area is 191 Å². The highest BCUT2D eigenvalue weighted by Gasteiger charge is 2.14. The third kappa shape index (κ3) is 7.42. The SMILES string of the molecule is CCOCCOc1cccc(NC(=O)c2cc(Br)ccc2OCCc2ccccc2)c1. The average Bonchev–Trinajstić information content (AvgIpc) is 2.79. The fourth-order valence-corrected chi connectivity index (χ4v) is 3.31.